The monoisotopic (exact) mass is 262 g/mol. The molecule has 0 spiro atoms. The predicted octanol–water partition coefficient (Wildman–Crippen LogP) is 3.79. The maximum atomic E-state index is 12.9. The molecule has 106 valence electrons. The van der Waals surface area contributed by atoms with Crippen molar-refractivity contribution in [3.8, 4) is 0 Å². The van der Waals surface area contributed by atoms with Crippen LogP contribution in [-0.2, 0) is 9.53 Å². The lowest BCUT2D eigenvalue weighted by atomic mass is 9.89. The molecular weight excluding hydrogens is 236 g/mol. The first-order valence-corrected chi connectivity index (χ1v) is 8.30. The highest BCUT2D eigenvalue weighted by Gasteiger charge is 2.85. The fourth-order valence-electron chi connectivity index (χ4n) is 6.39. The van der Waals surface area contributed by atoms with Gasteiger partial charge in [0.1, 0.15) is 5.60 Å². The van der Waals surface area contributed by atoms with Crippen LogP contribution in [0.1, 0.15) is 59.3 Å². The molecule has 0 heterocycles. The number of rotatable bonds is 3. The van der Waals surface area contributed by atoms with Gasteiger partial charge in [-0.1, -0.05) is 20.8 Å². The smallest absolute Gasteiger partial charge is 0.313 e. The molecule has 6 atom stereocenters. The molecule has 0 radical (unpaired) electrons. The number of carbonyl (C=O) groups is 1. The highest BCUT2D eigenvalue weighted by Crippen LogP contribution is 2.83. The van der Waals surface area contributed by atoms with Gasteiger partial charge in [-0.2, -0.15) is 0 Å². The van der Waals surface area contributed by atoms with Crippen LogP contribution in [0.2, 0.25) is 0 Å². The summed E-state index contributed by atoms with van der Waals surface area (Å²) in [7, 11) is 0. The van der Waals surface area contributed by atoms with Gasteiger partial charge in [-0.3, -0.25) is 4.79 Å². The van der Waals surface area contributed by atoms with Gasteiger partial charge in [0.15, 0.2) is 0 Å². The summed E-state index contributed by atoms with van der Waals surface area (Å²) in [6, 6.07) is 0. The summed E-state index contributed by atoms with van der Waals surface area (Å²) in [4.78, 5) is 12.9. The third-order valence-electron chi connectivity index (χ3n) is 7.47. The zero-order valence-corrected chi connectivity index (χ0v) is 12.4. The number of carbonyl (C=O) groups excluding carboxylic acids is 1. The maximum Gasteiger partial charge on any atom is 0.313 e. The van der Waals surface area contributed by atoms with Gasteiger partial charge in [-0.05, 0) is 68.1 Å². The van der Waals surface area contributed by atoms with Gasteiger partial charge in [0.05, 0.1) is 5.41 Å². The molecule has 0 aromatic heterocycles. The molecule has 0 aromatic rings. The summed E-state index contributed by atoms with van der Waals surface area (Å²) in [5.74, 6) is 3.64. The fourth-order valence-corrected chi connectivity index (χ4v) is 6.39. The quantitative estimate of drug-likeness (QED) is 0.723. The lowest BCUT2D eigenvalue weighted by Crippen LogP contribution is -2.36. The second-order valence-corrected chi connectivity index (χ2v) is 7.75. The lowest BCUT2D eigenvalue weighted by molar-refractivity contribution is -0.169. The molecule has 4 bridgehead atoms. The zero-order valence-electron chi connectivity index (χ0n) is 12.4. The number of hydrogen-bond acceptors (Lipinski definition) is 2. The molecule has 2 nitrogen and oxygen atoms in total. The third-order valence-corrected chi connectivity index (χ3v) is 7.47. The number of hydrogen-bond donors (Lipinski definition) is 0. The van der Waals surface area contributed by atoms with Gasteiger partial charge in [0.2, 0.25) is 0 Å². The Morgan fingerprint density at radius 1 is 1.26 bits per heavy atom. The zero-order chi connectivity index (χ0) is 13.4. The Balaban J connectivity index is 1.57. The first kappa shape index (κ1) is 12.2. The van der Waals surface area contributed by atoms with Crippen molar-refractivity contribution in [2.45, 2.75) is 64.9 Å². The van der Waals surface area contributed by atoms with Gasteiger partial charge in [-0.25, -0.2) is 0 Å². The van der Waals surface area contributed by atoms with Crippen LogP contribution in [0.3, 0.4) is 0 Å². The molecule has 5 aliphatic rings. The molecule has 5 rings (SSSR count). The fraction of sp³-hybridized carbons (Fsp3) is 0.941. The van der Waals surface area contributed by atoms with Crippen LogP contribution >= 0.6 is 0 Å². The lowest BCUT2D eigenvalue weighted by Gasteiger charge is -2.31. The summed E-state index contributed by atoms with van der Waals surface area (Å²) in [5, 5.41) is 0. The molecule has 5 aliphatic carbocycles. The molecule has 2 heteroatoms. The van der Waals surface area contributed by atoms with Crippen molar-refractivity contribution in [2.24, 2.45) is 35.0 Å². The Morgan fingerprint density at radius 3 is 2.37 bits per heavy atom. The van der Waals surface area contributed by atoms with E-state index in [1.807, 2.05) is 0 Å². The van der Waals surface area contributed by atoms with Crippen molar-refractivity contribution < 1.29 is 9.53 Å². The first-order chi connectivity index (χ1) is 9.07. The van der Waals surface area contributed by atoms with Crippen molar-refractivity contribution in [1.82, 2.24) is 0 Å². The van der Waals surface area contributed by atoms with Gasteiger partial charge < -0.3 is 4.74 Å². The van der Waals surface area contributed by atoms with E-state index in [9.17, 15) is 4.79 Å². The molecule has 5 saturated carbocycles. The molecule has 5 fully saturated rings. The summed E-state index contributed by atoms with van der Waals surface area (Å²) < 4.78 is 6.15. The molecule has 0 N–H and O–H groups in total. The molecule has 0 aliphatic heterocycles. The maximum absolute atomic E-state index is 12.9. The van der Waals surface area contributed by atoms with Crippen LogP contribution in [0.4, 0.5) is 0 Å². The average molecular weight is 262 g/mol. The molecule has 6 unspecified atom stereocenters. The summed E-state index contributed by atoms with van der Waals surface area (Å²) in [5.41, 5.74) is -0.149. The van der Waals surface area contributed by atoms with Gasteiger partial charge in [0.25, 0.3) is 0 Å². The summed E-state index contributed by atoms with van der Waals surface area (Å²) >= 11 is 0. The van der Waals surface area contributed by atoms with Gasteiger partial charge >= 0.3 is 5.97 Å². The minimum Gasteiger partial charge on any atom is -0.459 e. The molecule has 0 amide bonds. The second kappa shape index (κ2) is 3.56. The summed E-state index contributed by atoms with van der Waals surface area (Å²) in [6.45, 7) is 6.85. The number of ether oxygens (including phenoxy) is 1. The van der Waals surface area contributed by atoms with Gasteiger partial charge in [-0.15, -0.1) is 0 Å². The molecular formula is C17H26O2. The van der Waals surface area contributed by atoms with Crippen LogP contribution in [-0.4, -0.2) is 11.6 Å². The Kier molecular flexibility index (Phi) is 2.29. The van der Waals surface area contributed by atoms with Crippen LogP contribution in [0.15, 0.2) is 0 Å². The second-order valence-electron chi connectivity index (χ2n) is 7.75. The SMILES string of the molecule is CCC1(OC(=O)C23C(C)C4CC2C3C4C)CCCC1. The van der Waals surface area contributed by atoms with E-state index in [0.29, 0.717) is 17.8 Å². The van der Waals surface area contributed by atoms with Crippen molar-refractivity contribution in [1.29, 1.82) is 0 Å². The van der Waals surface area contributed by atoms with Crippen LogP contribution < -0.4 is 0 Å². The van der Waals surface area contributed by atoms with Gasteiger partial charge in [0, 0.05) is 0 Å². The van der Waals surface area contributed by atoms with Crippen molar-refractivity contribution in [2.75, 3.05) is 0 Å². The topological polar surface area (TPSA) is 26.3 Å². The normalized spacial score (nSPS) is 52.5. The van der Waals surface area contributed by atoms with E-state index in [1.165, 1.54) is 19.3 Å². The highest BCUT2D eigenvalue weighted by atomic mass is 16.6. The average Bonchev–Trinajstić information content (AvgIpc) is 2.77. The van der Waals surface area contributed by atoms with E-state index in [0.717, 1.165) is 31.1 Å². The minimum absolute atomic E-state index is 0.0468. The van der Waals surface area contributed by atoms with Crippen LogP contribution in [0.5, 0.6) is 0 Å². The molecule has 0 aromatic carbocycles. The first-order valence-electron chi connectivity index (χ1n) is 8.30. The Hall–Kier alpha value is -0.530. The van der Waals surface area contributed by atoms with Crippen LogP contribution in [0, 0.1) is 35.0 Å². The highest BCUT2D eigenvalue weighted by molar-refractivity contribution is 5.84. The van der Waals surface area contributed by atoms with E-state index in [4.69, 9.17) is 4.74 Å². The van der Waals surface area contributed by atoms with Crippen molar-refractivity contribution in [3.63, 3.8) is 0 Å². The van der Waals surface area contributed by atoms with Crippen molar-refractivity contribution >= 4 is 5.97 Å². The Labute approximate surface area is 116 Å². The van der Waals surface area contributed by atoms with E-state index >= 15 is 0 Å². The standard InChI is InChI=1S/C17H26O2/c1-4-16(7-5-6-8-16)19-15(18)17-11(3)12-9-13(17)14(17)10(12)2/h10-14H,4-9H2,1-3H3. The number of esters is 1. The van der Waals surface area contributed by atoms with Crippen molar-refractivity contribution in [3.05, 3.63) is 0 Å². The van der Waals surface area contributed by atoms with E-state index < -0.39 is 0 Å². The largest absolute Gasteiger partial charge is 0.459 e. The summed E-state index contributed by atoms with van der Waals surface area (Å²) in [6.07, 6.45) is 6.94. The molecule has 19 heavy (non-hydrogen) atoms. The Bertz CT molecular complexity index is 419. The third kappa shape index (κ3) is 1.22. The van der Waals surface area contributed by atoms with E-state index in [-0.39, 0.29) is 17.0 Å². The Morgan fingerprint density at radius 2 is 1.95 bits per heavy atom. The van der Waals surface area contributed by atoms with E-state index in [2.05, 4.69) is 20.8 Å². The molecule has 0 saturated heterocycles. The predicted molar refractivity (Wildman–Crippen MR) is 73.4 cm³/mol. The minimum atomic E-state index is -0.102. The van der Waals surface area contributed by atoms with E-state index in [1.54, 1.807) is 0 Å². The van der Waals surface area contributed by atoms with Crippen LogP contribution in [0.25, 0.3) is 0 Å².